The number of aryl methyl sites for hydroxylation is 1. The molecule has 5 heteroatoms. The minimum Gasteiger partial charge on any atom is -0.416 e. The monoisotopic (exact) mass is 228 g/mol. The first-order valence-electron chi connectivity index (χ1n) is 4.92. The minimum atomic E-state index is -0.305. The van der Waals surface area contributed by atoms with E-state index in [2.05, 4.69) is 10.2 Å². The Labute approximate surface area is 93.8 Å². The number of rotatable bonds is 4. The summed E-state index contributed by atoms with van der Waals surface area (Å²) < 4.78 is 5.28. The largest absolute Gasteiger partial charge is 0.416 e. The highest BCUT2D eigenvalue weighted by molar-refractivity contribution is 7.99. The Balaban J connectivity index is 2.47. The van der Waals surface area contributed by atoms with Gasteiger partial charge in [0, 0.05) is 11.8 Å². The van der Waals surface area contributed by atoms with Crippen molar-refractivity contribution < 1.29 is 9.21 Å². The van der Waals surface area contributed by atoms with Gasteiger partial charge in [0.1, 0.15) is 5.78 Å². The van der Waals surface area contributed by atoms with E-state index in [0.29, 0.717) is 16.9 Å². The van der Waals surface area contributed by atoms with Gasteiger partial charge in [-0.15, -0.1) is 10.2 Å². The number of carbonyl (C=O) groups is 1. The van der Waals surface area contributed by atoms with Gasteiger partial charge < -0.3 is 4.42 Å². The van der Waals surface area contributed by atoms with Gasteiger partial charge in [0.05, 0.1) is 5.75 Å². The number of aromatic nitrogens is 2. The molecule has 0 fully saturated rings. The highest BCUT2D eigenvalue weighted by Gasteiger charge is 2.21. The van der Waals surface area contributed by atoms with Crippen LogP contribution in [-0.4, -0.2) is 21.7 Å². The van der Waals surface area contributed by atoms with Crippen LogP contribution in [0.5, 0.6) is 0 Å². The van der Waals surface area contributed by atoms with Gasteiger partial charge in [-0.3, -0.25) is 4.79 Å². The van der Waals surface area contributed by atoms with E-state index in [4.69, 9.17) is 4.42 Å². The van der Waals surface area contributed by atoms with Crippen molar-refractivity contribution in [3.63, 3.8) is 0 Å². The molecular weight excluding hydrogens is 212 g/mol. The summed E-state index contributed by atoms with van der Waals surface area (Å²) in [6.07, 6.45) is 0.723. The number of ketones is 1. The van der Waals surface area contributed by atoms with Gasteiger partial charge in [-0.05, 0) is 0 Å². The van der Waals surface area contributed by atoms with Gasteiger partial charge in [-0.25, -0.2) is 0 Å². The van der Waals surface area contributed by atoms with Gasteiger partial charge in [0.15, 0.2) is 0 Å². The fourth-order valence-corrected chi connectivity index (χ4v) is 1.72. The summed E-state index contributed by atoms with van der Waals surface area (Å²) >= 11 is 1.30. The average Bonchev–Trinajstić information content (AvgIpc) is 2.60. The van der Waals surface area contributed by atoms with Crippen LogP contribution in [-0.2, 0) is 11.2 Å². The molecule has 0 amide bonds. The Hall–Kier alpha value is -0.840. The van der Waals surface area contributed by atoms with Gasteiger partial charge in [-0.2, -0.15) is 0 Å². The topological polar surface area (TPSA) is 56.0 Å². The maximum Gasteiger partial charge on any atom is 0.277 e. The third-order valence-corrected chi connectivity index (χ3v) is 2.73. The first-order chi connectivity index (χ1) is 6.93. The van der Waals surface area contributed by atoms with E-state index in [-0.39, 0.29) is 11.2 Å². The first-order valence-corrected chi connectivity index (χ1v) is 5.90. The van der Waals surface area contributed by atoms with E-state index in [0.717, 1.165) is 6.42 Å². The molecule has 0 N–H and O–H groups in total. The normalized spacial score (nSPS) is 11.7. The number of Topliss-reactive ketones (excluding diaryl/α,β-unsaturated/α-hetero) is 1. The summed E-state index contributed by atoms with van der Waals surface area (Å²) in [5.74, 6) is 1.18. The number of carbonyl (C=O) groups excluding carboxylic acids is 1. The lowest BCUT2D eigenvalue weighted by atomic mass is 9.92. The zero-order valence-electron chi connectivity index (χ0n) is 9.53. The van der Waals surface area contributed by atoms with Crippen LogP contribution in [0.15, 0.2) is 9.64 Å². The van der Waals surface area contributed by atoms with Crippen LogP contribution in [0.4, 0.5) is 0 Å². The van der Waals surface area contributed by atoms with E-state index in [1.807, 2.05) is 27.7 Å². The average molecular weight is 228 g/mol. The molecule has 0 saturated carbocycles. The van der Waals surface area contributed by atoms with E-state index in [1.165, 1.54) is 11.8 Å². The molecule has 0 unspecified atom stereocenters. The van der Waals surface area contributed by atoms with E-state index < -0.39 is 0 Å². The van der Waals surface area contributed by atoms with Crippen LogP contribution in [0.25, 0.3) is 0 Å². The van der Waals surface area contributed by atoms with Crippen molar-refractivity contribution >= 4 is 17.5 Å². The molecule has 1 heterocycles. The summed E-state index contributed by atoms with van der Waals surface area (Å²) in [5, 5.41) is 8.14. The van der Waals surface area contributed by atoms with Crippen molar-refractivity contribution in [1.29, 1.82) is 0 Å². The van der Waals surface area contributed by atoms with Crippen LogP contribution in [0.3, 0.4) is 0 Å². The molecule has 0 aliphatic rings. The number of hydrogen-bond donors (Lipinski definition) is 0. The molecular formula is C10H16N2O2S. The smallest absolute Gasteiger partial charge is 0.277 e. The quantitative estimate of drug-likeness (QED) is 0.740. The molecule has 1 aromatic heterocycles. The Bertz CT molecular complexity index is 341. The summed E-state index contributed by atoms with van der Waals surface area (Å²) in [4.78, 5) is 11.6. The molecule has 0 spiro atoms. The van der Waals surface area contributed by atoms with E-state index in [9.17, 15) is 4.79 Å². The SMILES string of the molecule is CCc1nnc(SCC(=O)C(C)(C)C)o1. The molecule has 1 rings (SSSR count). The Morgan fingerprint density at radius 1 is 1.40 bits per heavy atom. The van der Waals surface area contributed by atoms with E-state index in [1.54, 1.807) is 0 Å². The van der Waals surface area contributed by atoms with Crippen LogP contribution < -0.4 is 0 Å². The van der Waals surface area contributed by atoms with Crippen LogP contribution in [0, 0.1) is 5.41 Å². The second-order valence-electron chi connectivity index (χ2n) is 4.28. The minimum absolute atomic E-state index is 0.184. The molecule has 0 saturated heterocycles. The molecule has 0 radical (unpaired) electrons. The lowest BCUT2D eigenvalue weighted by Crippen LogP contribution is -2.21. The Morgan fingerprint density at radius 3 is 2.53 bits per heavy atom. The molecule has 15 heavy (non-hydrogen) atoms. The maximum atomic E-state index is 11.6. The molecule has 0 aliphatic heterocycles. The standard InChI is InChI=1S/C10H16N2O2S/c1-5-8-11-12-9(14-8)15-6-7(13)10(2,3)4/h5-6H2,1-4H3. The van der Waals surface area contributed by atoms with Gasteiger partial charge >= 0.3 is 0 Å². The van der Waals surface area contributed by atoms with Crippen molar-refractivity contribution in [3.05, 3.63) is 5.89 Å². The molecule has 0 atom stereocenters. The van der Waals surface area contributed by atoms with E-state index >= 15 is 0 Å². The molecule has 1 aromatic rings. The molecule has 84 valence electrons. The van der Waals surface area contributed by atoms with Gasteiger partial charge in [0.25, 0.3) is 5.22 Å². The summed E-state index contributed by atoms with van der Waals surface area (Å²) in [5.41, 5.74) is -0.305. The number of nitrogens with zero attached hydrogens (tertiary/aromatic N) is 2. The fraction of sp³-hybridized carbons (Fsp3) is 0.700. The second kappa shape index (κ2) is 4.79. The summed E-state index contributed by atoms with van der Waals surface area (Å²) in [7, 11) is 0. The van der Waals surface area contributed by atoms with Crippen molar-refractivity contribution in [1.82, 2.24) is 10.2 Å². The predicted octanol–water partition coefficient (Wildman–Crippen LogP) is 2.34. The number of hydrogen-bond acceptors (Lipinski definition) is 5. The molecule has 0 aliphatic carbocycles. The third-order valence-electron chi connectivity index (χ3n) is 1.91. The van der Waals surface area contributed by atoms with Crippen LogP contribution in [0.2, 0.25) is 0 Å². The zero-order valence-corrected chi connectivity index (χ0v) is 10.3. The van der Waals surface area contributed by atoms with Crippen molar-refractivity contribution in [2.45, 2.75) is 39.3 Å². The first kappa shape index (κ1) is 12.2. The predicted molar refractivity (Wildman–Crippen MR) is 58.9 cm³/mol. The van der Waals surface area contributed by atoms with Crippen molar-refractivity contribution in [3.8, 4) is 0 Å². The Kier molecular flexibility index (Phi) is 3.90. The number of thioether (sulfide) groups is 1. The molecule has 0 bridgehead atoms. The maximum absolute atomic E-state index is 11.6. The highest BCUT2D eigenvalue weighted by atomic mass is 32.2. The summed E-state index contributed by atoms with van der Waals surface area (Å²) in [6, 6.07) is 0. The van der Waals surface area contributed by atoms with Crippen molar-refractivity contribution in [2.75, 3.05) is 5.75 Å². The van der Waals surface area contributed by atoms with Gasteiger partial charge in [0.2, 0.25) is 5.89 Å². The summed E-state index contributed by atoms with van der Waals surface area (Å²) in [6.45, 7) is 7.66. The lowest BCUT2D eigenvalue weighted by molar-refractivity contribution is -0.123. The third kappa shape index (κ3) is 3.66. The van der Waals surface area contributed by atoms with Crippen LogP contribution >= 0.6 is 11.8 Å². The van der Waals surface area contributed by atoms with Gasteiger partial charge in [-0.1, -0.05) is 39.5 Å². The molecule has 0 aromatic carbocycles. The van der Waals surface area contributed by atoms with Crippen molar-refractivity contribution in [2.24, 2.45) is 5.41 Å². The zero-order chi connectivity index (χ0) is 11.5. The highest BCUT2D eigenvalue weighted by Crippen LogP contribution is 2.22. The molecule has 4 nitrogen and oxygen atoms in total. The lowest BCUT2D eigenvalue weighted by Gasteiger charge is -2.14. The Morgan fingerprint density at radius 2 is 2.07 bits per heavy atom. The fourth-order valence-electron chi connectivity index (χ4n) is 0.783. The second-order valence-corrected chi connectivity index (χ2v) is 5.20. The van der Waals surface area contributed by atoms with Crippen LogP contribution in [0.1, 0.15) is 33.6 Å².